The summed E-state index contributed by atoms with van der Waals surface area (Å²) in [6, 6.07) is 0. The molecule has 0 aromatic carbocycles. The van der Waals surface area contributed by atoms with Crippen LogP contribution < -0.4 is 0 Å². The van der Waals surface area contributed by atoms with Crippen molar-refractivity contribution < 1.29 is 4.74 Å². The molecule has 0 N–H and O–H groups in total. The van der Waals surface area contributed by atoms with Crippen LogP contribution in [0.1, 0.15) is 46.0 Å². The monoisotopic (exact) mass is 156 g/mol. The van der Waals surface area contributed by atoms with Crippen molar-refractivity contribution in [1.82, 2.24) is 0 Å². The Morgan fingerprint density at radius 1 is 1.36 bits per heavy atom. The van der Waals surface area contributed by atoms with Crippen molar-refractivity contribution in [3.05, 3.63) is 0 Å². The van der Waals surface area contributed by atoms with E-state index < -0.39 is 0 Å². The van der Waals surface area contributed by atoms with Crippen LogP contribution in [0.2, 0.25) is 0 Å². The minimum atomic E-state index is 0.594. The van der Waals surface area contributed by atoms with Crippen LogP contribution >= 0.6 is 0 Å². The Hall–Kier alpha value is -0.0400. The molecule has 0 heterocycles. The third kappa shape index (κ3) is 3.24. The minimum Gasteiger partial charge on any atom is -0.378 e. The van der Waals surface area contributed by atoms with Crippen molar-refractivity contribution in [3.8, 4) is 0 Å². The first-order chi connectivity index (χ1) is 5.33. The maximum Gasteiger partial charge on any atom is 0.0577 e. The Morgan fingerprint density at radius 3 is 2.73 bits per heavy atom. The molecular weight excluding hydrogens is 136 g/mol. The molecule has 66 valence electrons. The van der Waals surface area contributed by atoms with E-state index in [1.54, 1.807) is 0 Å². The molecule has 0 saturated heterocycles. The van der Waals surface area contributed by atoms with Crippen molar-refractivity contribution >= 4 is 0 Å². The van der Waals surface area contributed by atoms with Crippen molar-refractivity contribution in [2.75, 3.05) is 6.61 Å². The predicted octanol–water partition coefficient (Wildman–Crippen LogP) is 2.99. The lowest BCUT2D eigenvalue weighted by Crippen LogP contribution is -2.08. The van der Waals surface area contributed by atoms with Crippen LogP contribution in [-0.4, -0.2) is 12.7 Å². The topological polar surface area (TPSA) is 9.23 Å². The van der Waals surface area contributed by atoms with E-state index in [1.165, 1.54) is 32.1 Å². The summed E-state index contributed by atoms with van der Waals surface area (Å²) in [5, 5.41) is 0. The molecule has 1 aliphatic carbocycles. The van der Waals surface area contributed by atoms with Gasteiger partial charge in [-0.1, -0.05) is 20.3 Å². The van der Waals surface area contributed by atoms with E-state index in [-0.39, 0.29) is 0 Å². The third-order valence-electron chi connectivity index (χ3n) is 2.50. The molecule has 11 heavy (non-hydrogen) atoms. The Labute approximate surface area is 70.1 Å². The summed E-state index contributed by atoms with van der Waals surface area (Å²) in [4.78, 5) is 0. The Bertz CT molecular complexity index is 101. The van der Waals surface area contributed by atoms with Gasteiger partial charge in [-0.2, -0.15) is 0 Å². The highest BCUT2D eigenvalue weighted by Crippen LogP contribution is 2.26. The molecule has 0 radical (unpaired) electrons. The van der Waals surface area contributed by atoms with Gasteiger partial charge >= 0.3 is 0 Å². The SMILES string of the molecule is CCCCO[C@H]1CC[C@H](C)C1. The summed E-state index contributed by atoms with van der Waals surface area (Å²) < 4.78 is 5.71. The molecule has 0 amide bonds. The zero-order valence-electron chi connectivity index (χ0n) is 7.81. The average Bonchev–Trinajstić information content (AvgIpc) is 2.37. The highest BCUT2D eigenvalue weighted by atomic mass is 16.5. The normalized spacial score (nSPS) is 31.1. The second kappa shape index (κ2) is 4.76. The lowest BCUT2D eigenvalue weighted by molar-refractivity contribution is 0.0542. The zero-order valence-corrected chi connectivity index (χ0v) is 7.81. The molecule has 1 aliphatic rings. The van der Waals surface area contributed by atoms with Crippen molar-refractivity contribution in [2.45, 2.75) is 52.1 Å². The van der Waals surface area contributed by atoms with Crippen LogP contribution in [0.3, 0.4) is 0 Å². The molecular formula is C10H20O. The van der Waals surface area contributed by atoms with E-state index in [4.69, 9.17) is 4.74 Å². The standard InChI is InChI=1S/C10H20O/c1-3-4-7-11-10-6-5-9(2)8-10/h9-10H,3-8H2,1-2H3/t9-,10-/m0/s1. The molecule has 0 aliphatic heterocycles. The van der Waals surface area contributed by atoms with Crippen molar-refractivity contribution in [2.24, 2.45) is 5.92 Å². The van der Waals surface area contributed by atoms with E-state index in [0.717, 1.165) is 12.5 Å². The summed E-state index contributed by atoms with van der Waals surface area (Å²) in [5.74, 6) is 0.904. The van der Waals surface area contributed by atoms with Crippen LogP contribution in [-0.2, 0) is 4.74 Å². The molecule has 1 saturated carbocycles. The quantitative estimate of drug-likeness (QED) is 0.568. The van der Waals surface area contributed by atoms with Gasteiger partial charge in [0, 0.05) is 6.61 Å². The van der Waals surface area contributed by atoms with Gasteiger partial charge < -0.3 is 4.74 Å². The van der Waals surface area contributed by atoms with Crippen LogP contribution in [0.4, 0.5) is 0 Å². The third-order valence-corrected chi connectivity index (χ3v) is 2.50. The highest BCUT2D eigenvalue weighted by molar-refractivity contribution is 4.72. The minimum absolute atomic E-state index is 0.594. The number of hydrogen-bond acceptors (Lipinski definition) is 1. The zero-order chi connectivity index (χ0) is 8.10. The smallest absolute Gasteiger partial charge is 0.0577 e. The Balaban J connectivity index is 1.99. The lowest BCUT2D eigenvalue weighted by Gasteiger charge is -2.10. The van der Waals surface area contributed by atoms with Gasteiger partial charge in [0.05, 0.1) is 6.10 Å². The first-order valence-corrected chi connectivity index (χ1v) is 4.94. The summed E-state index contributed by atoms with van der Waals surface area (Å²) in [5.41, 5.74) is 0. The Morgan fingerprint density at radius 2 is 2.18 bits per heavy atom. The van der Waals surface area contributed by atoms with Gasteiger partial charge in [0.25, 0.3) is 0 Å². The summed E-state index contributed by atoms with van der Waals surface area (Å²) in [6.07, 6.45) is 7.04. The van der Waals surface area contributed by atoms with E-state index in [1.807, 2.05) is 0 Å². The van der Waals surface area contributed by atoms with Crippen LogP contribution in [0.15, 0.2) is 0 Å². The molecule has 1 fully saturated rings. The molecule has 2 atom stereocenters. The molecule has 0 bridgehead atoms. The Kier molecular flexibility index (Phi) is 3.92. The fourth-order valence-electron chi connectivity index (χ4n) is 1.70. The number of rotatable bonds is 4. The maximum atomic E-state index is 5.71. The van der Waals surface area contributed by atoms with Gasteiger partial charge in [-0.15, -0.1) is 0 Å². The van der Waals surface area contributed by atoms with Gasteiger partial charge in [0.1, 0.15) is 0 Å². The number of hydrogen-bond donors (Lipinski definition) is 0. The van der Waals surface area contributed by atoms with Crippen LogP contribution in [0.25, 0.3) is 0 Å². The molecule has 0 aromatic rings. The van der Waals surface area contributed by atoms with Gasteiger partial charge in [-0.05, 0) is 31.6 Å². The largest absolute Gasteiger partial charge is 0.378 e. The van der Waals surface area contributed by atoms with Crippen LogP contribution in [0, 0.1) is 5.92 Å². The van der Waals surface area contributed by atoms with E-state index >= 15 is 0 Å². The van der Waals surface area contributed by atoms with Crippen molar-refractivity contribution in [3.63, 3.8) is 0 Å². The van der Waals surface area contributed by atoms with E-state index in [0.29, 0.717) is 6.10 Å². The highest BCUT2D eigenvalue weighted by Gasteiger charge is 2.21. The molecule has 1 heteroatoms. The first-order valence-electron chi connectivity index (χ1n) is 4.94. The lowest BCUT2D eigenvalue weighted by atomic mass is 10.1. The van der Waals surface area contributed by atoms with Gasteiger partial charge in [-0.3, -0.25) is 0 Å². The molecule has 0 spiro atoms. The maximum absolute atomic E-state index is 5.71. The molecule has 0 aromatic heterocycles. The second-order valence-electron chi connectivity index (χ2n) is 3.76. The predicted molar refractivity (Wildman–Crippen MR) is 47.7 cm³/mol. The van der Waals surface area contributed by atoms with E-state index in [9.17, 15) is 0 Å². The molecule has 0 unspecified atom stereocenters. The fourth-order valence-corrected chi connectivity index (χ4v) is 1.70. The van der Waals surface area contributed by atoms with Gasteiger partial charge in [0.15, 0.2) is 0 Å². The molecule has 1 rings (SSSR count). The second-order valence-corrected chi connectivity index (χ2v) is 3.76. The van der Waals surface area contributed by atoms with Crippen molar-refractivity contribution in [1.29, 1.82) is 0 Å². The average molecular weight is 156 g/mol. The number of unbranched alkanes of at least 4 members (excludes halogenated alkanes) is 1. The summed E-state index contributed by atoms with van der Waals surface area (Å²) in [6.45, 7) is 5.51. The first kappa shape index (κ1) is 9.05. The molecule has 1 nitrogen and oxygen atoms in total. The summed E-state index contributed by atoms with van der Waals surface area (Å²) >= 11 is 0. The van der Waals surface area contributed by atoms with E-state index in [2.05, 4.69) is 13.8 Å². The van der Waals surface area contributed by atoms with Crippen LogP contribution in [0.5, 0.6) is 0 Å². The summed E-state index contributed by atoms with van der Waals surface area (Å²) in [7, 11) is 0. The fraction of sp³-hybridized carbons (Fsp3) is 1.00. The number of ether oxygens (including phenoxy) is 1. The van der Waals surface area contributed by atoms with Gasteiger partial charge in [0.2, 0.25) is 0 Å². The van der Waals surface area contributed by atoms with Gasteiger partial charge in [-0.25, -0.2) is 0 Å².